The van der Waals surface area contributed by atoms with Crippen LogP contribution in [0.1, 0.15) is 22.8 Å². The molecule has 0 fully saturated rings. The maximum absolute atomic E-state index is 14.0. The number of aliphatic hydroxyl groups is 1. The Morgan fingerprint density at radius 3 is 3.03 bits per heavy atom. The number of aromatic nitrogens is 4. The van der Waals surface area contributed by atoms with Crippen LogP contribution in [0.15, 0.2) is 24.7 Å². The van der Waals surface area contributed by atoms with Crippen LogP contribution in [0.5, 0.6) is 11.6 Å². The molecule has 1 amide bonds. The van der Waals surface area contributed by atoms with Crippen LogP contribution in [-0.4, -0.2) is 62.5 Å². The molecule has 30 heavy (non-hydrogen) atoms. The average Bonchev–Trinajstić information content (AvgIpc) is 3.06. The number of nitrogens with zero attached hydrogens (tertiary/aromatic N) is 5. The number of amides is 1. The summed E-state index contributed by atoms with van der Waals surface area (Å²) in [6, 6.07) is 0.998. The minimum atomic E-state index is -0.795. The van der Waals surface area contributed by atoms with Gasteiger partial charge in [0.1, 0.15) is 30.7 Å². The van der Waals surface area contributed by atoms with Crippen molar-refractivity contribution in [3.8, 4) is 11.6 Å². The summed E-state index contributed by atoms with van der Waals surface area (Å²) in [5, 5.41) is 17.4. The first-order valence-electron chi connectivity index (χ1n) is 9.50. The van der Waals surface area contributed by atoms with E-state index < -0.39 is 11.9 Å². The van der Waals surface area contributed by atoms with E-state index in [1.165, 1.54) is 16.8 Å². The monoisotopic (exact) mass is 414 g/mol. The number of rotatable bonds is 0. The molecule has 2 aliphatic heterocycles. The Kier molecular flexibility index (Phi) is 4.39. The number of anilines is 1. The van der Waals surface area contributed by atoms with Crippen LogP contribution in [0.4, 0.5) is 10.2 Å². The highest BCUT2D eigenvalue weighted by Crippen LogP contribution is 2.32. The average molecular weight is 414 g/mol. The van der Waals surface area contributed by atoms with Crippen molar-refractivity contribution in [3.63, 3.8) is 0 Å². The Morgan fingerprint density at radius 1 is 1.30 bits per heavy atom. The van der Waals surface area contributed by atoms with Crippen LogP contribution in [0, 0.1) is 5.82 Å². The number of hydrogen-bond donors (Lipinski definition) is 2. The van der Waals surface area contributed by atoms with E-state index in [4.69, 9.17) is 9.47 Å². The normalized spacial score (nSPS) is 21.4. The Morgan fingerprint density at radius 2 is 2.17 bits per heavy atom. The molecule has 11 heteroatoms. The van der Waals surface area contributed by atoms with Crippen molar-refractivity contribution in [1.29, 1.82) is 0 Å². The highest BCUT2D eigenvalue weighted by atomic mass is 19.1. The van der Waals surface area contributed by atoms with Gasteiger partial charge >= 0.3 is 0 Å². The van der Waals surface area contributed by atoms with Crippen LogP contribution < -0.4 is 19.7 Å². The third-order valence-corrected chi connectivity index (χ3v) is 4.95. The molecule has 2 atom stereocenters. The van der Waals surface area contributed by atoms with Gasteiger partial charge in [0, 0.05) is 12.1 Å². The van der Waals surface area contributed by atoms with Gasteiger partial charge in [0.05, 0.1) is 31.2 Å². The quantitative estimate of drug-likeness (QED) is 0.548. The number of aliphatic hydroxyl groups excluding tert-OH is 1. The smallest absolute Gasteiger partial charge is 0.257 e. The Hall–Kier alpha value is -3.47. The van der Waals surface area contributed by atoms with Gasteiger partial charge in [-0.05, 0) is 13.0 Å². The molecule has 0 aliphatic carbocycles. The van der Waals surface area contributed by atoms with Crippen LogP contribution >= 0.6 is 0 Å². The number of fused-ring (bicyclic) bond motifs is 1. The fraction of sp³-hybridized carbons (Fsp3) is 0.368. The predicted octanol–water partition coefficient (Wildman–Crippen LogP) is 0.534. The summed E-state index contributed by atoms with van der Waals surface area (Å²) in [7, 11) is 0. The lowest BCUT2D eigenvalue weighted by atomic mass is 10.2. The second-order valence-electron chi connectivity index (χ2n) is 7.40. The van der Waals surface area contributed by atoms with Crippen LogP contribution in [0.2, 0.25) is 0 Å². The van der Waals surface area contributed by atoms with Crippen molar-refractivity contribution in [2.45, 2.75) is 25.6 Å². The summed E-state index contributed by atoms with van der Waals surface area (Å²) in [6.07, 6.45) is 3.34. The fourth-order valence-corrected chi connectivity index (χ4v) is 3.56. The molecule has 10 nitrogen and oxygen atoms in total. The van der Waals surface area contributed by atoms with Crippen molar-refractivity contribution in [2.24, 2.45) is 0 Å². The molecule has 0 aromatic carbocycles. The summed E-state index contributed by atoms with van der Waals surface area (Å²) >= 11 is 0. The number of carbonyl (C=O) groups is 1. The van der Waals surface area contributed by atoms with Gasteiger partial charge in [0.2, 0.25) is 5.88 Å². The van der Waals surface area contributed by atoms with E-state index in [9.17, 15) is 14.3 Å². The molecule has 3 aromatic heterocycles. The summed E-state index contributed by atoms with van der Waals surface area (Å²) < 4.78 is 26.9. The molecular weight excluding hydrogens is 395 g/mol. The largest absolute Gasteiger partial charge is 0.485 e. The summed E-state index contributed by atoms with van der Waals surface area (Å²) in [4.78, 5) is 23.2. The van der Waals surface area contributed by atoms with E-state index >= 15 is 0 Å². The molecule has 5 rings (SSSR count). The summed E-state index contributed by atoms with van der Waals surface area (Å²) in [5.74, 6) is 0.208. The zero-order valence-corrected chi connectivity index (χ0v) is 16.1. The topological polar surface area (TPSA) is 114 Å². The zero-order chi connectivity index (χ0) is 20.8. The van der Waals surface area contributed by atoms with E-state index in [1.807, 2.05) is 0 Å². The van der Waals surface area contributed by atoms with Gasteiger partial charge in [-0.15, -0.1) is 0 Å². The molecule has 2 bridgehead atoms. The fourth-order valence-electron chi connectivity index (χ4n) is 3.56. The summed E-state index contributed by atoms with van der Waals surface area (Å²) in [5.41, 5.74) is 1.14. The standard InChI is InChI=1S/C19H19FN6O4/c1-10-8-30-19-11(2-12(20)3-21-19)5-25-6-13(27)9-29-15-7-26-16(24-17(15)25)14(4-22-26)18(28)23-10/h2-4,7,10,13,27H,5-6,8-9H2,1H3,(H,23,28)/t10-,13+/m1/s1. The molecule has 5 heterocycles. The predicted molar refractivity (Wildman–Crippen MR) is 102 cm³/mol. The zero-order valence-electron chi connectivity index (χ0n) is 16.1. The lowest BCUT2D eigenvalue weighted by Gasteiger charge is -2.24. The van der Waals surface area contributed by atoms with Gasteiger partial charge in [-0.2, -0.15) is 5.10 Å². The first-order valence-corrected chi connectivity index (χ1v) is 9.50. The number of hydrogen-bond acceptors (Lipinski definition) is 8. The number of pyridine rings is 1. The molecule has 2 aliphatic rings. The third kappa shape index (κ3) is 3.26. The van der Waals surface area contributed by atoms with Gasteiger partial charge in [0.15, 0.2) is 17.2 Å². The molecule has 2 N–H and O–H groups in total. The van der Waals surface area contributed by atoms with Gasteiger partial charge in [-0.3, -0.25) is 4.79 Å². The molecule has 0 radical (unpaired) electrons. The Bertz CT molecular complexity index is 1140. The maximum Gasteiger partial charge on any atom is 0.257 e. The van der Waals surface area contributed by atoms with Crippen LogP contribution in [0.3, 0.4) is 0 Å². The first-order chi connectivity index (χ1) is 14.5. The molecular formula is C19H19FN6O4. The highest BCUT2D eigenvalue weighted by molar-refractivity contribution is 6.00. The van der Waals surface area contributed by atoms with Crippen molar-refractivity contribution in [1.82, 2.24) is 24.9 Å². The third-order valence-electron chi connectivity index (χ3n) is 4.95. The van der Waals surface area contributed by atoms with Crippen molar-refractivity contribution >= 4 is 17.4 Å². The van der Waals surface area contributed by atoms with E-state index in [0.717, 1.165) is 6.20 Å². The minimum Gasteiger partial charge on any atom is -0.485 e. The van der Waals surface area contributed by atoms with Gasteiger partial charge < -0.3 is 24.8 Å². The number of halogens is 1. The van der Waals surface area contributed by atoms with E-state index in [0.29, 0.717) is 28.3 Å². The van der Waals surface area contributed by atoms with Gasteiger partial charge in [0.25, 0.3) is 5.91 Å². The van der Waals surface area contributed by atoms with Crippen molar-refractivity contribution in [3.05, 3.63) is 41.6 Å². The van der Waals surface area contributed by atoms with Gasteiger partial charge in [-0.25, -0.2) is 18.9 Å². The highest BCUT2D eigenvalue weighted by Gasteiger charge is 2.28. The van der Waals surface area contributed by atoms with E-state index in [1.54, 1.807) is 18.0 Å². The Labute approximate surface area is 170 Å². The van der Waals surface area contributed by atoms with E-state index in [-0.39, 0.29) is 44.1 Å². The van der Waals surface area contributed by atoms with Crippen molar-refractivity contribution < 1.29 is 23.8 Å². The second-order valence-corrected chi connectivity index (χ2v) is 7.40. The molecule has 0 saturated carbocycles. The molecule has 0 saturated heterocycles. The SMILES string of the molecule is C[C@@H]1COc2ncc(F)cc2CN2C[C@H](O)COc3cn4ncc(c4nc32)C(=O)N1. The molecule has 156 valence electrons. The first kappa shape index (κ1) is 18.6. The second kappa shape index (κ2) is 7.10. The molecule has 0 unspecified atom stereocenters. The molecule has 0 spiro atoms. The van der Waals surface area contributed by atoms with Gasteiger partial charge in [-0.1, -0.05) is 0 Å². The van der Waals surface area contributed by atoms with Crippen LogP contribution in [-0.2, 0) is 6.54 Å². The molecule has 3 aromatic rings. The van der Waals surface area contributed by atoms with E-state index in [2.05, 4.69) is 20.4 Å². The van der Waals surface area contributed by atoms with Crippen molar-refractivity contribution in [2.75, 3.05) is 24.7 Å². The lowest BCUT2D eigenvalue weighted by molar-refractivity contribution is 0.0927. The number of ether oxygens (including phenoxy) is 2. The Balaban J connectivity index is 1.70. The number of nitrogens with one attached hydrogen (secondary N) is 1. The minimum absolute atomic E-state index is 0.0631. The maximum atomic E-state index is 14.0. The summed E-state index contributed by atoms with van der Waals surface area (Å²) in [6.45, 7) is 2.36. The lowest BCUT2D eigenvalue weighted by Crippen LogP contribution is -2.37. The number of carbonyl (C=O) groups excluding carboxylic acids is 1. The van der Waals surface area contributed by atoms with Crippen LogP contribution in [0.25, 0.3) is 5.65 Å².